The third kappa shape index (κ3) is 2.97. The Kier molecular flexibility index (Phi) is 4.01. The maximum Gasteiger partial charge on any atom is 0.408 e. The zero-order valence-electron chi connectivity index (χ0n) is 13.3. The van der Waals surface area contributed by atoms with E-state index in [0.29, 0.717) is 34.6 Å². The second-order valence-corrected chi connectivity index (χ2v) is 7.70. The number of alkyl halides is 3. The first-order valence-electron chi connectivity index (χ1n) is 7.98. The predicted molar refractivity (Wildman–Crippen MR) is 101 cm³/mol. The van der Waals surface area contributed by atoms with Crippen molar-refractivity contribution in [2.45, 2.75) is 25.1 Å². The van der Waals surface area contributed by atoms with Gasteiger partial charge in [0, 0.05) is 20.7 Å². The summed E-state index contributed by atoms with van der Waals surface area (Å²) in [6.45, 7) is 0. The maximum absolute atomic E-state index is 13.4. The van der Waals surface area contributed by atoms with Gasteiger partial charge < -0.3 is 16.0 Å². The monoisotopic (exact) mass is 474 g/mol. The van der Waals surface area contributed by atoms with Gasteiger partial charge >= 0.3 is 6.18 Å². The molecule has 4 rings (SSSR count). The van der Waals surface area contributed by atoms with Gasteiger partial charge in [0.05, 0.1) is 16.5 Å². The Balaban J connectivity index is 1.93. The van der Waals surface area contributed by atoms with Gasteiger partial charge in [-0.15, -0.1) is 0 Å². The van der Waals surface area contributed by atoms with E-state index in [4.69, 9.17) is 5.73 Å². The van der Waals surface area contributed by atoms with Crippen LogP contribution in [0.4, 0.5) is 19.0 Å². The van der Waals surface area contributed by atoms with Crippen LogP contribution in [-0.2, 0) is 0 Å². The van der Waals surface area contributed by atoms with Crippen LogP contribution in [0.3, 0.4) is 0 Å². The van der Waals surface area contributed by atoms with E-state index in [1.54, 1.807) is 6.07 Å². The van der Waals surface area contributed by atoms with E-state index in [0.717, 1.165) is 3.57 Å². The van der Waals surface area contributed by atoms with Crippen molar-refractivity contribution in [2.24, 2.45) is 11.7 Å². The summed E-state index contributed by atoms with van der Waals surface area (Å²) in [5.74, 6) is -1.04. The fourth-order valence-electron chi connectivity index (χ4n) is 3.22. The van der Waals surface area contributed by atoms with Crippen LogP contribution in [0, 0.1) is 9.49 Å². The quantitative estimate of drug-likeness (QED) is 0.497. The summed E-state index contributed by atoms with van der Waals surface area (Å²) < 4.78 is 41.2. The molecule has 1 aliphatic rings. The van der Waals surface area contributed by atoms with Gasteiger partial charge in [-0.2, -0.15) is 13.2 Å². The average Bonchev–Trinajstić information content (AvgIpc) is 3.30. The number of amides is 1. The molecule has 1 aliphatic carbocycles. The van der Waals surface area contributed by atoms with Gasteiger partial charge in [-0.05, 0) is 53.5 Å². The van der Waals surface area contributed by atoms with Crippen molar-refractivity contribution in [3.63, 3.8) is 0 Å². The van der Waals surface area contributed by atoms with Crippen LogP contribution >= 0.6 is 22.6 Å². The van der Waals surface area contributed by atoms with Gasteiger partial charge in [-0.25, -0.2) is 4.98 Å². The molecule has 9 heteroatoms. The summed E-state index contributed by atoms with van der Waals surface area (Å²) >= 11 is 2.14. The lowest BCUT2D eigenvalue weighted by molar-refractivity contribution is -0.146. The highest BCUT2D eigenvalue weighted by atomic mass is 127. The number of fused-ring (bicyclic) bond motifs is 3. The molecule has 2 aromatic heterocycles. The first-order valence-corrected chi connectivity index (χ1v) is 9.06. The minimum Gasteiger partial charge on any atom is -0.365 e. The van der Waals surface area contributed by atoms with E-state index in [-0.39, 0.29) is 11.4 Å². The number of aromatic amines is 1. The number of carbonyl (C=O) groups is 1. The Hall–Kier alpha value is -2.04. The molecule has 5 nitrogen and oxygen atoms in total. The van der Waals surface area contributed by atoms with E-state index in [1.165, 1.54) is 6.20 Å². The zero-order chi connectivity index (χ0) is 18.6. The van der Waals surface area contributed by atoms with Gasteiger partial charge in [0.1, 0.15) is 11.9 Å². The third-order valence-electron chi connectivity index (χ3n) is 4.59. The van der Waals surface area contributed by atoms with Crippen LogP contribution in [0.1, 0.15) is 23.2 Å². The Bertz CT molecular complexity index is 1030. The summed E-state index contributed by atoms with van der Waals surface area (Å²) in [6, 6.07) is 3.84. The number of nitrogens with two attached hydrogens (primary N) is 1. The van der Waals surface area contributed by atoms with Crippen molar-refractivity contribution in [3.8, 4) is 0 Å². The number of aromatic nitrogens is 2. The number of hydrogen-bond acceptors (Lipinski definition) is 3. The smallest absolute Gasteiger partial charge is 0.365 e. The molecule has 1 fully saturated rings. The Morgan fingerprint density at radius 1 is 1.38 bits per heavy atom. The molecule has 1 aromatic carbocycles. The number of hydrogen-bond donors (Lipinski definition) is 3. The largest absolute Gasteiger partial charge is 0.408 e. The minimum absolute atomic E-state index is 0.103. The fourth-order valence-corrected chi connectivity index (χ4v) is 3.71. The third-order valence-corrected chi connectivity index (χ3v) is 5.26. The van der Waals surface area contributed by atoms with Crippen LogP contribution in [0.5, 0.6) is 0 Å². The number of halogens is 4. The highest BCUT2D eigenvalue weighted by molar-refractivity contribution is 14.1. The lowest BCUT2D eigenvalue weighted by Gasteiger charge is -2.22. The molecule has 0 aliphatic heterocycles. The summed E-state index contributed by atoms with van der Waals surface area (Å²) in [7, 11) is 0. The number of nitrogens with one attached hydrogen (secondary N) is 2. The first-order chi connectivity index (χ1) is 12.3. The van der Waals surface area contributed by atoms with Crippen LogP contribution in [0.15, 0.2) is 24.4 Å². The van der Waals surface area contributed by atoms with Crippen LogP contribution < -0.4 is 11.1 Å². The number of rotatable bonds is 4. The van der Waals surface area contributed by atoms with Crippen molar-refractivity contribution in [2.75, 3.05) is 5.32 Å². The highest BCUT2D eigenvalue weighted by Gasteiger charge is 2.49. The Labute approximate surface area is 159 Å². The molecule has 0 radical (unpaired) electrons. The molecule has 0 unspecified atom stereocenters. The lowest BCUT2D eigenvalue weighted by Crippen LogP contribution is -2.38. The number of nitrogens with zero attached hydrogens (tertiary/aromatic N) is 1. The SMILES string of the molecule is NC(=O)c1cnc(N[C@H](C2CC2)C(F)(F)F)c2c1[nH]c1cc(I)ccc12. The molecule has 1 amide bonds. The topological polar surface area (TPSA) is 83.8 Å². The van der Waals surface area contributed by atoms with Crippen molar-refractivity contribution in [3.05, 3.63) is 33.5 Å². The van der Waals surface area contributed by atoms with Crippen LogP contribution in [0.25, 0.3) is 21.8 Å². The average molecular weight is 474 g/mol. The van der Waals surface area contributed by atoms with Crippen molar-refractivity contribution in [1.29, 1.82) is 0 Å². The molecule has 1 saturated carbocycles. The normalized spacial score (nSPS) is 16.2. The Morgan fingerprint density at radius 3 is 2.73 bits per heavy atom. The van der Waals surface area contributed by atoms with Crippen LogP contribution in [0.2, 0.25) is 0 Å². The molecule has 136 valence electrons. The van der Waals surface area contributed by atoms with Crippen molar-refractivity contribution >= 4 is 56.1 Å². The zero-order valence-corrected chi connectivity index (χ0v) is 15.5. The lowest BCUT2D eigenvalue weighted by atomic mass is 10.1. The highest BCUT2D eigenvalue weighted by Crippen LogP contribution is 2.43. The van der Waals surface area contributed by atoms with E-state index in [1.807, 2.05) is 12.1 Å². The summed E-state index contributed by atoms with van der Waals surface area (Å²) in [5, 5.41) is 3.71. The molecule has 4 N–H and O–H groups in total. The van der Waals surface area contributed by atoms with Gasteiger partial charge in [0.2, 0.25) is 0 Å². The Morgan fingerprint density at radius 2 is 2.12 bits per heavy atom. The van der Waals surface area contributed by atoms with E-state index >= 15 is 0 Å². The molecule has 26 heavy (non-hydrogen) atoms. The molecule has 3 aromatic rings. The summed E-state index contributed by atoms with van der Waals surface area (Å²) in [4.78, 5) is 18.9. The van der Waals surface area contributed by atoms with Gasteiger partial charge in [-0.3, -0.25) is 4.79 Å². The predicted octanol–water partition coefficient (Wildman–Crippen LogP) is 4.17. The second kappa shape index (κ2) is 6.00. The molecular formula is C17H14F3IN4O. The molecule has 0 bridgehead atoms. The number of benzene rings is 1. The number of pyridine rings is 1. The molecule has 2 heterocycles. The van der Waals surface area contributed by atoms with Crippen molar-refractivity contribution < 1.29 is 18.0 Å². The van der Waals surface area contributed by atoms with Crippen molar-refractivity contribution in [1.82, 2.24) is 9.97 Å². The standard InChI is InChI=1S/C17H14F3IN4O/c18-17(19,20)14(7-1-2-7)25-16-12-9-4-3-8(21)5-11(9)24-13(12)10(6-23-16)15(22)26/h3-7,14,24H,1-2H2,(H2,22,26)(H,23,25)/t14-/m1/s1. The first kappa shape index (κ1) is 17.4. The molecule has 0 spiro atoms. The number of carbonyl (C=O) groups excluding carboxylic acids is 1. The molecular weight excluding hydrogens is 460 g/mol. The van der Waals surface area contributed by atoms with Crippen LogP contribution in [-0.4, -0.2) is 28.1 Å². The van der Waals surface area contributed by atoms with Gasteiger partial charge in [0.15, 0.2) is 0 Å². The number of primary amides is 1. The fraction of sp³-hybridized carbons (Fsp3) is 0.294. The summed E-state index contributed by atoms with van der Waals surface area (Å²) in [6.07, 6.45) is -2.09. The molecule has 0 saturated heterocycles. The second-order valence-electron chi connectivity index (χ2n) is 6.45. The number of anilines is 1. The summed E-state index contributed by atoms with van der Waals surface area (Å²) in [5.41, 5.74) is 6.66. The van der Waals surface area contributed by atoms with Gasteiger partial charge in [-0.1, -0.05) is 6.07 Å². The maximum atomic E-state index is 13.4. The number of H-pyrrole nitrogens is 1. The van der Waals surface area contributed by atoms with E-state index in [9.17, 15) is 18.0 Å². The molecule has 1 atom stereocenters. The van der Waals surface area contributed by atoms with E-state index < -0.39 is 24.0 Å². The minimum atomic E-state index is -4.38. The van der Waals surface area contributed by atoms with E-state index in [2.05, 4.69) is 37.9 Å². The van der Waals surface area contributed by atoms with Gasteiger partial charge in [0.25, 0.3) is 5.91 Å².